The van der Waals surface area contributed by atoms with Crippen LogP contribution in [-0.2, 0) is 16.1 Å². The summed E-state index contributed by atoms with van der Waals surface area (Å²) >= 11 is 5.93. The highest BCUT2D eigenvalue weighted by Crippen LogP contribution is 2.21. The minimum atomic E-state index is -0.568. The standard InChI is InChI=1S/C17H23ClN2O3/c1-17(2,3)23-16(22)20-9-5-8-14(20)15(21)19-11-12-6-4-7-13(18)10-12/h4,6-7,10,14H,5,8-9,11H2,1-3H3,(H,19,21). The summed E-state index contributed by atoms with van der Waals surface area (Å²) in [5.74, 6) is -0.159. The van der Waals surface area contributed by atoms with Gasteiger partial charge in [0.1, 0.15) is 11.6 Å². The van der Waals surface area contributed by atoms with E-state index in [2.05, 4.69) is 5.32 Å². The van der Waals surface area contributed by atoms with Gasteiger partial charge in [-0.15, -0.1) is 0 Å². The van der Waals surface area contributed by atoms with Crippen molar-refractivity contribution in [3.8, 4) is 0 Å². The second-order valence-electron chi connectivity index (χ2n) is 6.68. The quantitative estimate of drug-likeness (QED) is 0.919. The summed E-state index contributed by atoms with van der Waals surface area (Å²) in [7, 11) is 0. The number of carbonyl (C=O) groups excluding carboxylic acids is 2. The van der Waals surface area contributed by atoms with E-state index in [0.29, 0.717) is 24.5 Å². The highest BCUT2D eigenvalue weighted by molar-refractivity contribution is 6.30. The van der Waals surface area contributed by atoms with Gasteiger partial charge in [0.2, 0.25) is 5.91 Å². The topological polar surface area (TPSA) is 58.6 Å². The maximum atomic E-state index is 12.4. The number of carbonyl (C=O) groups is 2. The number of ether oxygens (including phenoxy) is 1. The third-order valence-electron chi connectivity index (χ3n) is 3.54. The molecule has 1 aromatic carbocycles. The summed E-state index contributed by atoms with van der Waals surface area (Å²) in [6.45, 7) is 6.38. The molecule has 1 aliphatic rings. The van der Waals surface area contributed by atoms with Gasteiger partial charge in [0, 0.05) is 18.1 Å². The lowest BCUT2D eigenvalue weighted by Gasteiger charge is -2.28. The third-order valence-corrected chi connectivity index (χ3v) is 3.77. The number of nitrogens with zero attached hydrogens (tertiary/aromatic N) is 1. The van der Waals surface area contributed by atoms with Crippen molar-refractivity contribution in [2.45, 2.75) is 51.8 Å². The van der Waals surface area contributed by atoms with Crippen LogP contribution in [0.4, 0.5) is 4.79 Å². The summed E-state index contributed by atoms with van der Waals surface area (Å²) in [4.78, 5) is 26.1. The molecule has 1 aromatic rings. The first kappa shape index (κ1) is 17.6. The number of nitrogens with one attached hydrogen (secondary N) is 1. The van der Waals surface area contributed by atoms with Gasteiger partial charge in [-0.1, -0.05) is 23.7 Å². The summed E-state index contributed by atoms with van der Waals surface area (Å²) in [6.07, 6.45) is 1.02. The molecule has 0 spiro atoms. The van der Waals surface area contributed by atoms with Crippen LogP contribution in [0, 0.1) is 0 Å². The van der Waals surface area contributed by atoms with E-state index < -0.39 is 17.7 Å². The summed E-state index contributed by atoms with van der Waals surface area (Å²) < 4.78 is 5.37. The molecule has 2 rings (SSSR count). The number of halogens is 1. The van der Waals surface area contributed by atoms with Crippen LogP contribution in [0.25, 0.3) is 0 Å². The largest absolute Gasteiger partial charge is 0.444 e. The van der Waals surface area contributed by atoms with Crippen molar-refractivity contribution in [2.24, 2.45) is 0 Å². The van der Waals surface area contributed by atoms with Crippen molar-refractivity contribution in [1.29, 1.82) is 0 Å². The Kier molecular flexibility index (Phi) is 5.52. The molecular weight excluding hydrogens is 316 g/mol. The van der Waals surface area contributed by atoms with Gasteiger partial charge >= 0.3 is 6.09 Å². The fourth-order valence-electron chi connectivity index (χ4n) is 2.53. The molecule has 2 amide bonds. The van der Waals surface area contributed by atoms with Gasteiger partial charge in [-0.25, -0.2) is 4.79 Å². The smallest absolute Gasteiger partial charge is 0.410 e. The number of rotatable bonds is 3. The Morgan fingerprint density at radius 2 is 2.13 bits per heavy atom. The van der Waals surface area contributed by atoms with E-state index in [1.807, 2.05) is 39.0 Å². The van der Waals surface area contributed by atoms with E-state index in [-0.39, 0.29) is 5.91 Å². The first-order valence-corrected chi connectivity index (χ1v) is 8.16. The predicted molar refractivity (Wildman–Crippen MR) is 89.3 cm³/mol. The Morgan fingerprint density at radius 1 is 1.39 bits per heavy atom. The Hall–Kier alpha value is -1.75. The van der Waals surface area contributed by atoms with Gasteiger partial charge < -0.3 is 10.1 Å². The molecule has 0 aliphatic carbocycles. The molecule has 1 atom stereocenters. The van der Waals surface area contributed by atoms with Crippen molar-refractivity contribution >= 4 is 23.6 Å². The van der Waals surface area contributed by atoms with Crippen LogP contribution in [0.15, 0.2) is 24.3 Å². The van der Waals surface area contributed by atoms with Crippen LogP contribution in [-0.4, -0.2) is 35.1 Å². The van der Waals surface area contributed by atoms with Gasteiger partial charge in [0.05, 0.1) is 0 Å². The lowest BCUT2D eigenvalue weighted by Crippen LogP contribution is -2.47. The molecule has 0 bridgehead atoms. The lowest BCUT2D eigenvalue weighted by molar-refractivity contribution is -0.125. The minimum Gasteiger partial charge on any atom is -0.444 e. The van der Waals surface area contributed by atoms with E-state index in [0.717, 1.165) is 12.0 Å². The average Bonchev–Trinajstić information content (AvgIpc) is 2.92. The highest BCUT2D eigenvalue weighted by atomic mass is 35.5. The molecule has 0 saturated carbocycles. The zero-order valence-corrected chi connectivity index (χ0v) is 14.5. The van der Waals surface area contributed by atoms with Crippen LogP contribution in [0.2, 0.25) is 5.02 Å². The van der Waals surface area contributed by atoms with Crippen molar-refractivity contribution in [1.82, 2.24) is 10.2 Å². The highest BCUT2D eigenvalue weighted by Gasteiger charge is 2.36. The van der Waals surface area contributed by atoms with Crippen LogP contribution in [0.1, 0.15) is 39.2 Å². The summed E-state index contributed by atoms with van der Waals surface area (Å²) in [5, 5.41) is 3.50. The lowest BCUT2D eigenvalue weighted by atomic mass is 10.2. The molecule has 5 nitrogen and oxygen atoms in total. The summed E-state index contributed by atoms with van der Waals surface area (Å²) in [5.41, 5.74) is 0.356. The SMILES string of the molecule is CC(C)(C)OC(=O)N1CCCC1C(=O)NCc1cccc(Cl)c1. The first-order valence-electron chi connectivity index (χ1n) is 7.78. The van der Waals surface area contributed by atoms with Crippen molar-refractivity contribution in [2.75, 3.05) is 6.54 Å². The van der Waals surface area contributed by atoms with Gasteiger partial charge in [-0.05, 0) is 51.3 Å². The van der Waals surface area contributed by atoms with Gasteiger partial charge in [0.25, 0.3) is 0 Å². The van der Waals surface area contributed by atoms with Crippen molar-refractivity contribution in [3.05, 3.63) is 34.9 Å². The number of amides is 2. The average molecular weight is 339 g/mol. The van der Waals surface area contributed by atoms with Crippen molar-refractivity contribution < 1.29 is 14.3 Å². The van der Waals surface area contributed by atoms with E-state index >= 15 is 0 Å². The molecule has 1 heterocycles. The minimum absolute atomic E-state index is 0.159. The maximum absolute atomic E-state index is 12.4. The van der Waals surface area contributed by atoms with Crippen LogP contribution >= 0.6 is 11.6 Å². The summed E-state index contributed by atoms with van der Waals surface area (Å²) in [6, 6.07) is 6.86. The molecule has 0 radical (unpaired) electrons. The maximum Gasteiger partial charge on any atom is 0.410 e. The van der Waals surface area contributed by atoms with Crippen LogP contribution in [0.5, 0.6) is 0 Å². The molecular formula is C17H23ClN2O3. The Bertz CT molecular complexity index is 583. The second-order valence-corrected chi connectivity index (χ2v) is 7.12. The van der Waals surface area contributed by atoms with Gasteiger partial charge in [0.15, 0.2) is 0 Å². The second kappa shape index (κ2) is 7.21. The molecule has 1 fully saturated rings. The molecule has 0 aromatic heterocycles. The fraction of sp³-hybridized carbons (Fsp3) is 0.529. The van der Waals surface area contributed by atoms with Gasteiger partial charge in [-0.3, -0.25) is 9.69 Å². The molecule has 126 valence electrons. The van der Waals surface area contributed by atoms with Crippen LogP contribution < -0.4 is 5.32 Å². The molecule has 1 aliphatic heterocycles. The normalized spacial score (nSPS) is 17.9. The molecule has 23 heavy (non-hydrogen) atoms. The predicted octanol–water partition coefficient (Wildman–Crippen LogP) is 3.36. The number of hydrogen-bond acceptors (Lipinski definition) is 3. The fourth-order valence-corrected chi connectivity index (χ4v) is 2.75. The molecule has 6 heteroatoms. The van der Waals surface area contributed by atoms with Crippen molar-refractivity contribution in [3.63, 3.8) is 0 Å². The first-order chi connectivity index (χ1) is 10.8. The van der Waals surface area contributed by atoms with Crippen LogP contribution in [0.3, 0.4) is 0 Å². The molecule has 1 unspecified atom stereocenters. The zero-order valence-electron chi connectivity index (χ0n) is 13.8. The Balaban J connectivity index is 1.94. The number of likely N-dealkylation sites (tertiary alicyclic amines) is 1. The van der Waals surface area contributed by atoms with Gasteiger partial charge in [-0.2, -0.15) is 0 Å². The number of benzene rings is 1. The third kappa shape index (κ3) is 5.13. The van der Waals surface area contributed by atoms with E-state index in [4.69, 9.17) is 16.3 Å². The zero-order chi connectivity index (χ0) is 17.0. The number of hydrogen-bond donors (Lipinski definition) is 1. The van der Waals surface area contributed by atoms with E-state index in [1.165, 1.54) is 4.90 Å². The van der Waals surface area contributed by atoms with E-state index in [1.54, 1.807) is 6.07 Å². The Morgan fingerprint density at radius 3 is 2.78 bits per heavy atom. The molecule has 1 N–H and O–H groups in total. The van der Waals surface area contributed by atoms with E-state index in [9.17, 15) is 9.59 Å². The Labute approximate surface area is 141 Å². The molecule has 1 saturated heterocycles. The monoisotopic (exact) mass is 338 g/mol.